The molecule has 1 aromatic heterocycles. The van der Waals surface area contributed by atoms with E-state index in [1.54, 1.807) is 12.1 Å². The average Bonchev–Trinajstić information content (AvgIpc) is 2.72. The molecule has 0 N–H and O–H groups in total. The minimum Gasteiger partial charge on any atom is -0.454 e. The first-order valence-electron chi connectivity index (χ1n) is 9.65. The predicted octanol–water partition coefficient (Wildman–Crippen LogP) is 3.92. The zero-order valence-corrected chi connectivity index (χ0v) is 19.9. The van der Waals surface area contributed by atoms with Crippen molar-refractivity contribution in [3.63, 3.8) is 0 Å². The van der Waals surface area contributed by atoms with Crippen molar-refractivity contribution in [3.05, 3.63) is 45.0 Å². The Kier molecular flexibility index (Phi) is 7.16. The molecule has 0 saturated carbocycles. The van der Waals surface area contributed by atoms with Crippen LogP contribution in [0, 0.1) is 0 Å². The van der Waals surface area contributed by atoms with Gasteiger partial charge in [0.15, 0.2) is 22.5 Å². The van der Waals surface area contributed by atoms with Crippen molar-refractivity contribution >= 4 is 50.8 Å². The lowest BCUT2D eigenvalue weighted by Crippen LogP contribution is -2.14. The van der Waals surface area contributed by atoms with Gasteiger partial charge in [-0.05, 0) is 40.2 Å². The van der Waals surface area contributed by atoms with Gasteiger partial charge in [-0.25, -0.2) is 0 Å². The quantitative estimate of drug-likeness (QED) is 0.351. The molecule has 2 aromatic carbocycles. The highest BCUT2D eigenvalue weighted by atomic mass is 79.9. The summed E-state index contributed by atoms with van der Waals surface area (Å²) >= 11 is 3.23. The predicted molar refractivity (Wildman–Crippen MR) is 121 cm³/mol. The number of carbonyl (C=O) groups excluding carboxylic acids is 4. The van der Waals surface area contributed by atoms with Crippen LogP contribution in [0.25, 0.3) is 22.3 Å². The molecule has 0 spiro atoms. The van der Waals surface area contributed by atoms with E-state index in [2.05, 4.69) is 15.9 Å². The Morgan fingerprint density at radius 1 is 0.735 bits per heavy atom. The second-order valence-corrected chi connectivity index (χ2v) is 7.67. The molecule has 0 fully saturated rings. The number of hydrogen-bond donors (Lipinski definition) is 0. The fourth-order valence-electron chi connectivity index (χ4n) is 2.99. The molecule has 3 rings (SSSR count). The number of benzene rings is 2. The Morgan fingerprint density at radius 3 is 1.76 bits per heavy atom. The van der Waals surface area contributed by atoms with Gasteiger partial charge in [0.25, 0.3) is 0 Å². The Bertz CT molecular complexity index is 1390. The van der Waals surface area contributed by atoms with Gasteiger partial charge >= 0.3 is 23.9 Å². The summed E-state index contributed by atoms with van der Waals surface area (Å²) in [5, 5.41) is -0.227. The second-order valence-electron chi connectivity index (χ2n) is 6.88. The number of ether oxygens (including phenoxy) is 4. The van der Waals surface area contributed by atoms with Crippen molar-refractivity contribution in [3.8, 4) is 34.3 Å². The summed E-state index contributed by atoms with van der Waals surface area (Å²) in [6, 6.07) is 7.28. The van der Waals surface area contributed by atoms with Crippen LogP contribution >= 0.6 is 15.9 Å². The first-order chi connectivity index (χ1) is 16.0. The molecule has 176 valence electrons. The number of carbonyl (C=O) groups is 4. The molecule has 34 heavy (non-hydrogen) atoms. The van der Waals surface area contributed by atoms with Gasteiger partial charge in [0.1, 0.15) is 21.4 Å². The summed E-state index contributed by atoms with van der Waals surface area (Å²) in [5.74, 6) is -3.72. The number of fused-ring (bicyclic) bond motifs is 1. The first-order valence-corrected chi connectivity index (χ1v) is 10.4. The zero-order chi connectivity index (χ0) is 25.2. The van der Waals surface area contributed by atoms with Crippen molar-refractivity contribution in [2.45, 2.75) is 27.7 Å². The minimum absolute atomic E-state index is 0.0275. The van der Waals surface area contributed by atoms with Crippen LogP contribution in [-0.4, -0.2) is 23.9 Å². The molecule has 0 amide bonds. The van der Waals surface area contributed by atoms with Gasteiger partial charge in [0.05, 0.1) is 0 Å². The molecule has 0 bridgehead atoms. The van der Waals surface area contributed by atoms with Gasteiger partial charge < -0.3 is 23.4 Å². The molecular weight excluding hydrogens is 516 g/mol. The SMILES string of the molecule is CC(=O)Oc1ccc(-c2cc(=O)c3c(OC(C)=O)c(OC(C)=O)c(OC(C)=O)c(Br)c3o2)cc1. The van der Waals surface area contributed by atoms with Gasteiger partial charge in [-0.3, -0.25) is 24.0 Å². The van der Waals surface area contributed by atoms with Gasteiger partial charge in [-0.15, -0.1) is 0 Å². The van der Waals surface area contributed by atoms with E-state index in [1.165, 1.54) is 19.1 Å². The highest BCUT2D eigenvalue weighted by Crippen LogP contribution is 2.49. The van der Waals surface area contributed by atoms with Crippen molar-refractivity contribution in [2.24, 2.45) is 0 Å². The maximum absolute atomic E-state index is 13.1. The Labute approximate surface area is 200 Å². The summed E-state index contributed by atoms with van der Waals surface area (Å²) in [4.78, 5) is 59.4. The maximum Gasteiger partial charge on any atom is 0.308 e. The molecular formula is C23H17BrO10. The third-order valence-corrected chi connectivity index (χ3v) is 4.84. The van der Waals surface area contributed by atoms with Crippen LogP contribution in [0.2, 0.25) is 0 Å². The van der Waals surface area contributed by atoms with E-state index in [0.717, 1.165) is 26.8 Å². The highest BCUT2D eigenvalue weighted by Gasteiger charge is 2.29. The monoisotopic (exact) mass is 532 g/mol. The zero-order valence-electron chi connectivity index (χ0n) is 18.3. The summed E-state index contributed by atoms with van der Waals surface area (Å²) in [6.45, 7) is 4.53. The van der Waals surface area contributed by atoms with Gasteiger partial charge in [0.2, 0.25) is 5.75 Å². The summed E-state index contributed by atoms with van der Waals surface area (Å²) < 4.78 is 26.4. The highest BCUT2D eigenvalue weighted by molar-refractivity contribution is 9.10. The fourth-order valence-corrected chi connectivity index (χ4v) is 3.53. The summed E-state index contributed by atoms with van der Waals surface area (Å²) in [7, 11) is 0. The van der Waals surface area contributed by atoms with Crippen LogP contribution in [-0.2, 0) is 19.2 Å². The molecule has 11 heteroatoms. The lowest BCUT2D eigenvalue weighted by atomic mass is 10.1. The van der Waals surface area contributed by atoms with Crippen molar-refractivity contribution in [1.82, 2.24) is 0 Å². The Balaban J connectivity index is 2.33. The van der Waals surface area contributed by atoms with E-state index in [9.17, 15) is 24.0 Å². The molecule has 0 aliphatic carbocycles. The molecule has 0 aliphatic heterocycles. The van der Waals surface area contributed by atoms with Gasteiger partial charge in [-0.2, -0.15) is 0 Å². The van der Waals surface area contributed by atoms with Crippen LogP contribution in [0.1, 0.15) is 27.7 Å². The molecule has 1 heterocycles. The van der Waals surface area contributed by atoms with E-state index in [4.69, 9.17) is 23.4 Å². The first kappa shape index (κ1) is 24.6. The Morgan fingerprint density at radius 2 is 1.24 bits per heavy atom. The topological polar surface area (TPSA) is 135 Å². The van der Waals surface area contributed by atoms with Gasteiger partial charge in [-0.1, -0.05) is 0 Å². The molecule has 0 aliphatic rings. The maximum atomic E-state index is 13.1. The second kappa shape index (κ2) is 9.87. The van der Waals surface area contributed by atoms with Crippen LogP contribution in [0.4, 0.5) is 0 Å². The molecule has 10 nitrogen and oxygen atoms in total. The van der Waals surface area contributed by atoms with Crippen LogP contribution in [0.5, 0.6) is 23.0 Å². The number of hydrogen-bond acceptors (Lipinski definition) is 10. The smallest absolute Gasteiger partial charge is 0.308 e. The molecule has 0 saturated heterocycles. The number of esters is 4. The fraction of sp³-hybridized carbons (Fsp3) is 0.174. The van der Waals surface area contributed by atoms with Crippen LogP contribution in [0.15, 0.2) is 44.0 Å². The number of rotatable bonds is 5. The van der Waals surface area contributed by atoms with Crippen molar-refractivity contribution in [1.29, 1.82) is 0 Å². The van der Waals surface area contributed by atoms with E-state index >= 15 is 0 Å². The standard InChI is InChI=1S/C23H17BrO10/c1-10(25)30-15-7-5-14(6-8-15)17-9-16(29)18-20(34-17)19(24)22(32-12(3)27)23(33-13(4)28)21(18)31-11(2)26/h5-9H,1-4H3. The van der Waals surface area contributed by atoms with E-state index in [0.29, 0.717) is 11.3 Å². The molecule has 0 unspecified atom stereocenters. The van der Waals surface area contributed by atoms with E-state index in [1.807, 2.05) is 0 Å². The summed E-state index contributed by atoms with van der Waals surface area (Å²) in [6.07, 6.45) is 0. The number of halogens is 1. The van der Waals surface area contributed by atoms with Crippen molar-refractivity contribution in [2.75, 3.05) is 0 Å². The lowest BCUT2D eigenvalue weighted by Gasteiger charge is -2.17. The summed E-state index contributed by atoms with van der Waals surface area (Å²) in [5.41, 5.74) is -0.316. The average molecular weight is 533 g/mol. The van der Waals surface area contributed by atoms with Crippen LogP contribution in [0.3, 0.4) is 0 Å². The van der Waals surface area contributed by atoms with E-state index < -0.39 is 40.8 Å². The van der Waals surface area contributed by atoms with Crippen molar-refractivity contribution < 1.29 is 42.5 Å². The van der Waals surface area contributed by atoms with E-state index in [-0.39, 0.29) is 27.0 Å². The molecule has 0 radical (unpaired) electrons. The normalized spacial score (nSPS) is 10.5. The van der Waals surface area contributed by atoms with Crippen LogP contribution < -0.4 is 24.4 Å². The minimum atomic E-state index is -0.824. The van der Waals surface area contributed by atoms with Gasteiger partial charge in [0, 0.05) is 39.3 Å². The third-order valence-electron chi connectivity index (χ3n) is 4.12. The molecule has 3 aromatic rings. The largest absolute Gasteiger partial charge is 0.454 e. The Hall–Kier alpha value is -3.99. The molecule has 0 atom stereocenters. The lowest BCUT2D eigenvalue weighted by molar-refractivity contribution is -0.135. The third kappa shape index (κ3) is 5.31.